The molecule has 0 saturated heterocycles. The lowest BCUT2D eigenvalue weighted by Crippen LogP contribution is -2.25. The van der Waals surface area contributed by atoms with E-state index in [4.69, 9.17) is 10.8 Å². The molecule has 2 aliphatic rings. The van der Waals surface area contributed by atoms with Crippen molar-refractivity contribution >= 4 is 62.7 Å². The Labute approximate surface area is 371 Å². The molecule has 3 amide bonds. The molecule has 8 N–H and O–H groups in total. The van der Waals surface area contributed by atoms with Gasteiger partial charge in [0.1, 0.15) is 0 Å². The number of nitrogens with zero attached hydrogens (tertiary/aromatic N) is 6. The van der Waals surface area contributed by atoms with Gasteiger partial charge in [-0.05, 0) is 49.9 Å². The average molecular weight is 904 g/mol. The highest BCUT2D eigenvalue weighted by Gasteiger charge is 2.26. The fourth-order valence-electron chi connectivity index (χ4n) is 7.26. The number of halogens is 4. The number of aliphatic hydroxyl groups is 2. The number of nitrogens with one attached hydrogen (secondary N) is 4. The molecule has 2 saturated carbocycles. The van der Waals surface area contributed by atoms with Gasteiger partial charge in [0.05, 0.1) is 58.6 Å². The molecule has 0 radical (unpaired) electrons. The number of hydrogen-bond acceptors (Lipinski definition) is 11. The monoisotopic (exact) mass is 903 g/mol. The van der Waals surface area contributed by atoms with Crippen LogP contribution in [0, 0.1) is 23.3 Å². The highest BCUT2D eigenvalue weighted by atomic mass is 19.2. The minimum Gasteiger partial charge on any atom is -0.394 e. The lowest BCUT2D eigenvalue weighted by Gasteiger charge is -2.13. The first-order chi connectivity index (χ1) is 31.8. The van der Waals surface area contributed by atoms with Gasteiger partial charge in [0, 0.05) is 78.1 Å². The van der Waals surface area contributed by atoms with Gasteiger partial charge in [-0.25, -0.2) is 37.5 Å². The van der Waals surface area contributed by atoms with Crippen molar-refractivity contribution in [2.75, 3.05) is 30.3 Å². The fourth-order valence-corrected chi connectivity index (χ4v) is 7.26. The van der Waals surface area contributed by atoms with Crippen LogP contribution >= 0.6 is 0 Å². The largest absolute Gasteiger partial charge is 0.394 e. The molecular formula is C46H41F4N11O5. The third-order valence-electron chi connectivity index (χ3n) is 11.0. The van der Waals surface area contributed by atoms with E-state index in [1.807, 2.05) is 0 Å². The van der Waals surface area contributed by atoms with Crippen molar-refractivity contribution in [1.29, 1.82) is 0 Å². The number of primary amides is 1. The second kappa shape index (κ2) is 18.0. The molecular weight excluding hydrogens is 863 g/mol. The van der Waals surface area contributed by atoms with Gasteiger partial charge in [0.15, 0.2) is 46.2 Å². The summed E-state index contributed by atoms with van der Waals surface area (Å²) in [4.78, 5) is 53.2. The Kier molecular flexibility index (Phi) is 11.9. The summed E-state index contributed by atoms with van der Waals surface area (Å²) >= 11 is 0. The van der Waals surface area contributed by atoms with Gasteiger partial charge in [0.2, 0.25) is 5.91 Å². The third kappa shape index (κ3) is 9.13. The van der Waals surface area contributed by atoms with Crippen LogP contribution in [0.1, 0.15) is 52.8 Å². The van der Waals surface area contributed by atoms with Crippen LogP contribution in [0.3, 0.4) is 0 Å². The van der Waals surface area contributed by atoms with Crippen molar-refractivity contribution in [1.82, 2.24) is 39.4 Å². The van der Waals surface area contributed by atoms with Crippen LogP contribution in [-0.2, 0) is 4.79 Å². The molecule has 1 unspecified atom stereocenters. The maximum Gasteiger partial charge on any atom is 0.251 e. The Bertz CT molecular complexity index is 3170. The standard InChI is InChI=1S/C23H20F2N6O2.C23H21F2N5O3/c24-15-9-17-18(10-16(15)25)31-19(11-28-22(31)21(30-17)27-8-7-20(26)32)12-1-3-13(4-2-12)23(33)29-14-5-6-14;24-16-7-18-19(8-17(16)25)30-20(10-27-22(30)21(29-18)26-9-15(32)11-31)12-1-3-13(4-2-12)23(33)28-14-5-6-14/h1-4,9-11,14H,5-8H2,(H2,26,32)(H,27,30)(H,29,33);1-4,7-8,10,14-15,31-32H,5-6,9,11H2,(H,26,29)(H,28,33). The van der Waals surface area contributed by atoms with Gasteiger partial charge in [-0.2, -0.15) is 0 Å². The minimum atomic E-state index is -1.04. The molecule has 4 heterocycles. The Morgan fingerprint density at radius 3 is 1.50 bits per heavy atom. The number of fused-ring (bicyclic) bond motifs is 6. The number of carbonyl (C=O) groups is 3. The summed E-state index contributed by atoms with van der Waals surface area (Å²) in [5, 5.41) is 30.5. The minimum absolute atomic E-state index is 0.0126. The van der Waals surface area contributed by atoms with Gasteiger partial charge < -0.3 is 37.2 Å². The maximum absolute atomic E-state index is 14.1. The van der Waals surface area contributed by atoms with Crippen LogP contribution in [0.25, 0.3) is 55.9 Å². The van der Waals surface area contributed by atoms with Crippen molar-refractivity contribution in [2.45, 2.75) is 50.3 Å². The molecule has 338 valence electrons. The van der Waals surface area contributed by atoms with E-state index in [0.29, 0.717) is 56.2 Å². The summed E-state index contributed by atoms with van der Waals surface area (Å²) in [6.07, 6.45) is 6.20. The van der Waals surface area contributed by atoms with Crippen molar-refractivity contribution in [2.24, 2.45) is 5.73 Å². The second-order valence-electron chi connectivity index (χ2n) is 16.0. The number of carbonyl (C=O) groups excluding carboxylic acids is 3. The molecule has 2 fully saturated rings. The Hall–Kier alpha value is -7.71. The topological polar surface area (TPSA) is 226 Å². The number of benzene rings is 4. The maximum atomic E-state index is 14.1. The molecule has 8 aromatic rings. The smallest absolute Gasteiger partial charge is 0.251 e. The number of aromatic nitrogens is 6. The Balaban J connectivity index is 0.000000166. The fraction of sp³-hybridized carbons (Fsp3) is 0.239. The van der Waals surface area contributed by atoms with E-state index in [1.165, 1.54) is 0 Å². The zero-order valence-electron chi connectivity index (χ0n) is 34.9. The zero-order chi connectivity index (χ0) is 46.2. The lowest BCUT2D eigenvalue weighted by molar-refractivity contribution is -0.117. The van der Waals surface area contributed by atoms with Crippen molar-refractivity contribution < 1.29 is 42.2 Å². The predicted molar refractivity (Wildman–Crippen MR) is 237 cm³/mol. The predicted octanol–water partition coefficient (Wildman–Crippen LogP) is 5.49. The summed E-state index contributed by atoms with van der Waals surface area (Å²) in [7, 11) is 0. The number of amides is 3. The number of hydrogen-bond donors (Lipinski definition) is 7. The molecule has 16 nitrogen and oxygen atoms in total. The van der Waals surface area contributed by atoms with Gasteiger partial charge in [-0.15, -0.1) is 0 Å². The van der Waals surface area contributed by atoms with E-state index in [0.717, 1.165) is 55.5 Å². The molecule has 0 aliphatic heterocycles. The number of aliphatic hydroxyl groups excluding tert-OH is 2. The van der Waals surface area contributed by atoms with E-state index in [2.05, 4.69) is 41.2 Å². The number of rotatable bonds is 14. The molecule has 4 aromatic carbocycles. The van der Waals surface area contributed by atoms with Crippen molar-refractivity contribution in [3.05, 3.63) is 120 Å². The van der Waals surface area contributed by atoms with Crippen LogP contribution in [0.15, 0.2) is 85.2 Å². The number of imidazole rings is 2. The van der Waals surface area contributed by atoms with Gasteiger partial charge in [-0.3, -0.25) is 23.2 Å². The highest BCUT2D eigenvalue weighted by molar-refractivity contribution is 5.96. The summed E-state index contributed by atoms with van der Waals surface area (Å²) in [6.45, 7) is -0.251. The van der Waals surface area contributed by atoms with Crippen LogP contribution in [0.2, 0.25) is 0 Å². The summed E-state index contributed by atoms with van der Waals surface area (Å²) in [5.74, 6) is -4.29. The third-order valence-corrected chi connectivity index (χ3v) is 11.0. The van der Waals surface area contributed by atoms with Crippen molar-refractivity contribution in [3.8, 4) is 22.5 Å². The normalized spacial score (nSPS) is 14.0. The van der Waals surface area contributed by atoms with Gasteiger partial charge >= 0.3 is 0 Å². The Morgan fingerprint density at radius 2 is 1.09 bits per heavy atom. The van der Waals surface area contributed by atoms with E-state index in [9.17, 15) is 37.1 Å². The van der Waals surface area contributed by atoms with Gasteiger partial charge in [0.25, 0.3) is 11.8 Å². The number of nitrogens with two attached hydrogens (primary N) is 1. The van der Waals surface area contributed by atoms with Gasteiger partial charge in [-0.1, -0.05) is 24.3 Å². The molecule has 0 spiro atoms. The molecule has 66 heavy (non-hydrogen) atoms. The van der Waals surface area contributed by atoms with E-state index in [-0.39, 0.29) is 60.3 Å². The first kappa shape index (κ1) is 43.5. The first-order valence-corrected chi connectivity index (χ1v) is 21.0. The first-order valence-electron chi connectivity index (χ1n) is 21.0. The van der Waals surface area contributed by atoms with Crippen LogP contribution in [0.5, 0.6) is 0 Å². The van der Waals surface area contributed by atoms with Crippen molar-refractivity contribution in [3.63, 3.8) is 0 Å². The second-order valence-corrected chi connectivity index (χ2v) is 16.0. The Morgan fingerprint density at radius 1 is 0.667 bits per heavy atom. The lowest BCUT2D eigenvalue weighted by atomic mass is 10.1. The quantitative estimate of drug-likeness (QED) is 0.0676. The zero-order valence-corrected chi connectivity index (χ0v) is 34.9. The highest BCUT2D eigenvalue weighted by Crippen LogP contribution is 2.32. The molecule has 4 aromatic heterocycles. The van der Waals surface area contributed by atoms with E-state index in [1.54, 1.807) is 69.7 Å². The average Bonchev–Trinajstić information content (AvgIpc) is 4.22. The number of anilines is 2. The molecule has 2 aliphatic carbocycles. The molecule has 1 atom stereocenters. The van der Waals surface area contributed by atoms with Crippen LogP contribution in [0.4, 0.5) is 29.2 Å². The molecule has 10 rings (SSSR count). The molecule has 20 heteroatoms. The summed E-state index contributed by atoms with van der Waals surface area (Å²) in [5.41, 5.74) is 10.6. The van der Waals surface area contributed by atoms with Crippen LogP contribution in [-0.4, -0.2) is 94.6 Å². The van der Waals surface area contributed by atoms with Crippen LogP contribution < -0.4 is 27.0 Å². The molecule has 0 bridgehead atoms. The van der Waals surface area contributed by atoms with E-state index < -0.39 is 41.9 Å². The summed E-state index contributed by atoms with van der Waals surface area (Å²) in [6, 6.07) is 18.5. The van der Waals surface area contributed by atoms with E-state index >= 15 is 0 Å². The summed E-state index contributed by atoms with van der Waals surface area (Å²) < 4.78 is 59.4. The SMILES string of the molecule is NC(=O)CCNc1nc2cc(F)c(F)cc2n2c(-c3ccc(C(=O)NC4CC4)cc3)cnc12.O=C(NC1CC1)c1ccc(-c2cnc3c(NCC(O)CO)nc4cc(F)c(F)cc4n23)cc1.